The van der Waals surface area contributed by atoms with Crippen molar-refractivity contribution in [2.75, 3.05) is 10.6 Å². The highest BCUT2D eigenvalue weighted by Gasteiger charge is 2.52. The number of carbonyl (C=O) groups is 2. The van der Waals surface area contributed by atoms with Crippen molar-refractivity contribution in [3.63, 3.8) is 0 Å². The molecule has 2 aliphatic rings. The molecule has 0 spiro atoms. The second-order valence-electron chi connectivity index (χ2n) is 5.54. The third-order valence-electron chi connectivity index (χ3n) is 4.04. The molecule has 1 heterocycles. The first-order chi connectivity index (χ1) is 8.97. The molecule has 3 rings (SSSR count). The lowest BCUT2D eigenvalue weighted by Crippen LogP contribution is -2.32. The minimum Gasteiger partial charge on any atom is -0.399 e. The Hall–Kier alpha value is -1.91. The number of imide groups is 1. The molecule has 1 aromatic rings. The first-order valence-electron chi connectivity index (χ1n) is 6.41. The van der Waals surface area contributed by atoms with Gasteiger partial charge >= 0.3 is 0 Å². The summed E-state index contributed by atoms with van der Waals surface area (Å²) >= 11 is 0. The lowest BCUT2D eigenvalue weighted by atomic mass is 10.00. The van der Waals surface area contributed by atoms with E-state index in [-0.39, 0.29) is 35.0 Å². The van der Waals surface area contributed by atoms with E-state index in [1.807, 2.05) is 6.92 Å². The summed E-state index contributed by atoms with van der Waals surface area (Å²) in [5.74, 6) is -1.07. The molecule has 1 aliphatic heterocycles. The number of amides is 2. The first-order valence-corrected chi connectivity index (χ1v) is 6.41. The number of nitrogen functional groups attached to an aromatic ring is 1. The molecule has 2 atom stereocenters. The Bertz CT molecular complexity index is 528. The van der Waals surface area contributed by atoms with Gasteiger partial charge in [-0.1, -0.05) is 6.92 Å². The predicted molar refractivity (Wildman–Crippen MR) is 68.7 cm³/mol. The SMILES string of the molecule is CC1CC2C(=O)N(c3cc(N)cc(F)c3)C(=O)C2C1. The third-order valence-corrected chi connectivity index (χ3v) is 4.04. The monoisotopic (exact) mass is 262 g/mol. The smallest absolute Gasteiger partial charge is 0.237 e. The van der Waals surface area contributed by atoms with Gasteiger partial charge in [-0.25, -0.2) is 9.29 Å². The summed E-state index contributed by atoms with van der Waals surface area (Å²) in [5.41, 5.74) is 6.02. The average molecular weight is 262 g/mol. The predicted octanol–water partition coefficient (Wildman–Crippen LogP) is 1.94. The molecule has 2 unspecified atom stereocenters. The van der Waals surface area contributed by atoms with Gasteiger partial charge in [0.25, 0.3) is 0 Å². The van der Waals surface area contributed by atoms with E-state index in [4.69, 9.17) is 5.73 Å². The Labute approximate surface area is 110 Å². The fourth-order valence-electron chi connectivity index (χ4n) is 3.26. The Morgan fingerprint density at radius 3 is 2.26 bits per heavy atom. The molecule has 1 saturated heterocycles. The fourth-order valence-corrected chi connectivity index (χ4v) is 3.26. The molecule has 19 heavy (non-hydrogen) atoms. The summed E-state index contributed by atoms with van der Waals surface area (Å²) in [6.45, 7) is 2.05. The van der Waals surface area contributed by atoms with Crippen LogP contribution in [0.15, 0.2) is 18.2 Å². The normalized spacial score (nSPS) is 30.0. The zero-order valence-corrected chi connectivity index (χ0v) is 10.6. The number of rotatable bonds is 1. The van der Waals surface area contributed by atoms with Crippen LogP contribution in [-0.2, 0) is 9.59 Å². The second kappa shape index (κ2) is 4.05. The average Bonchev–Trinajstić information content (AvgIpc) is 2.78. The van der Waals surface area contributed by atoms with Crippen LogP contribution in [-0.4, -0.2) is 11.8 Å². The van der Waals surface area contributed by atoms with Gasteiger partial charge in [0.15, 0.2) is 0 Å². The van der Waals surface area contributed by atoms with Crippen LogP contribution in [0.5, 0.6) is 0 Å². The minimum absolute atomic E-state index is 0.209. The summed E-state index contributed by atoms with van der Waals surface area (Å²) in [6, 6.07) is 3.80. The fraction of sp³-hybridized carbons (Fsp3) is 0.429. The van der Waals surface area contributed by atoms with Crippen LogP contribution in [0.4, 0.5) is 15.8 Å². The zero-order valence-electron chi connectivity index (χ0n) is 10.6. The molecule has 2 N–H and O–H groups in total. The van der Waals surface area contributed by atoms with Crippen molar-refractivity contribution in [1.29, 1.82) is 0 Å². The molecule has 100 valence electrons. The van der Waals surface area contributed by atoms with E-state index < -0.39 is 5.82 Å². The van der Waals surface area contributed by atoms with Gasteiger partial charge in [0, 0.05) is 5.69 Å². The maximum atomic E-state index is 13.4. The van der Waals surface area contributed by atoms with E-state index in [1.165, 1.54) is 12.1 Å². The molecule has 1 aromatic carbocycles. The molecule has 4 nitrogen and oxygen atoms in total. The Kier molecular flexibility index (Phi) is 2.59. The van der Waals surface area contributed by atoms with Crippen molar-refractivity contribution in [3.8, 4) is 0 Å². The Morgan fingerprint density at radius 2 is 1.74 bits per heavy atom. The van der Waals surface area contributed by atoms with Gasteiger partial charge in [0.2, 0.25) is 11.8 Å². The Morgan fingerprint density at radius 1 is 1.16 bits per heavy atom. The molecule has 2 amide bonds. The van der Waals surface area contributed by atoms with Gasteiger partial charge in [0.05, 0.1) is 17.5 Å². The van der Waals surface area contributed by atoms with Gasteiger partial charge in [-0.05, 0) is 37.0 Å². The topological polar surface area (TPSA) is 63.4 Å². The minimum atomic E-state index is -0.541. The number of halogens is 1. The van der Waals surface area contributed by atoms with Crippen LogP contribution < -0.4 is 10.6 Å². The molecular formula is C14H15FN2O2. The highest BCUT2D eigenvalue weighted by atomic mass is 19.1. The second-order valence-corrected chi connectivity index (χ2v) is 5.54. The summed E-state index contributed by atoms with van der Waals surface area (Å²) in [4.78, 5) is 25.7. The summed E-state index contributed by atoms with van der Waals surface area (Å²) < 4.78 is 13.4. The van der Waals surface area contributed by atoms with Crippen LogP contribution in [0.2, 0.25) is 0 Å². The molecular weight excluding hydrogens is 247 g/mol. The van der Waals surface area contributed by atoms with Gasteiger partial charge in [-0.3, -0.25) is 9.59 Å². The van der Waals surface area contributed by atoms with E-state index in [9.17, 15) is 14.0 Å². The maximum absolute atomic E-state index is 13.4. The molecule has 1 aliphatic carbocycles. The van der Waals surface area contributed by atoms with Crippen LogP contribution in [0, 0.1) is 23.6 Å². The summed E-state index contributed by atoms with van der Waals surface area (Å²) in [6.07, 6.45) is 1.47. The number of anilines is 2. The van der Waals surface area contributed by atoms with E-state index >= 15 is 0 Å². The van der Waals surface area contributed by atoms with Crippen LogP contribution in [0.1, 0.15) is 19.8 Å². The number of hydrogen-bond acceptors (Lipinski definition) is 3. The van der Waals surface area contributed by atoms with Gasteiger partial charge in [-0.15, -0.1) is 0 Å². The van der Waals surface area contributed by atoms with E-state index in [0.717, 1.165) is 23.8 Å². The number of carbonyl (C=O) groups excluding carboxylic acids is 2. The van der Waals surface area contributed by atoms with E-state index in [0.29, 0.717) is 5.92 Å². The number of nitrogens with two attached hydrogens (primary N) is 1. The molecule has 0 bridgehead atoms. The summed E-state index contributed by atoms with van der Waals surface area (Å²) in [7, 11) is 0. The lowest BCUT2D eigenvalue weighted by molar-refractivity contribution is -0.123. The quantitative estimate of drug-likeness (QED) is 0.621. The van der Waals surface area contributed by atoms with Crippen LogP contribution in [0.3, 0.4) is 0 Å². The van der Waals surface area contributed by atoms with Crippen LogP contribution >= 0.6 is 0 Å². The molecule has 2 fully saturated rings. The first kappa shape index (κ1) is 12.1. The van der Waals surface area contributed by atoms with Crippen molar-refractivity contribution >= 4 is 23.2 Å². The van der Waals surface area contributed by atoms with Crippen molar-refractivity contribution in [2.45, 2.75) is 19.8 Å². The maximum Gasteiger partial charge on any atom is 0.237 e. The van der Waals surface area contributed by atoms with Gasteiger partial charge in [-0.2, -0.15) is 0 Å². The highest BCUT2D eigenvalue weighted by Crippen LogP contribution is 2.44. The molecule has 0 aromatic heterocycles. The molecule has 1 saturated carbocycles. The highest BCUT2D eigenvalue weighted by molar-refractivity contribution is 6.22. The van der Waals surface area contributed by atoms with Gasteiger partial charge < -0.3 is 5.73 Å². The third kappa shape index (κ3) is 1.80. The van der Waals surface area contributed by atoms with Gasteiger partial charge in [0.1, 0.15) is 5.82 Å². The largest absolute Gasteiger partial charge is 0.399 e. The van der Waals surface area contributed by atoms with Crippen molar-refractivity contribution in [3.05, 3.63) is 24.0 Å². The molecule has 0 radical (unpaired) electrons. The van der Waals surface area contributed by atoms with Crippen molar-refractivity contribution in [1.82, 2.24) is 0 Å². The number of benzene rings is 1. The van der Waals surface area contributed by atoms with Crippen LogP contribution in [0.25, 0.3) is 0 Å². The molecule has 5 heteroatoms. The zero-order chi connectivity index (χ0) is 13.7. The number of hydrogen-bond donors (Lipinski definition) is 1. The van der Waals surface area contributed by atoms with Crippen molar-refractivity contribution in [2.24, 2.45) is 17.8 Å². The standard InChI is InChI=1S/C14H15FN2O2/c1-7-2-11-12(3-7)14(19)17(13(11)18)10-5-8(15)4-9(16)6-10/h4-7,11-12H,2-3,16H2,1H3. The van der Waals surface area contributed by atoms with E-state index in [2.05, 4.69) is 0 Å². The van der Waals surface area contributed by atoms with Crippen molar-refractivity contribution < 1.29 is 14.0 Å². The lowest BCUT2D eigenvalue weighted by Gasteiger charge is -2.17. The number of fused-ring (bicyclic) bond motifs is 1. The summed E-state index contributed by atoms with van der Waals surface area (Å²) in [5, 5.41) is 0. The number of nitrogens with zero attached hydrogens (tertiary/aromatic N) is 1. The van der Waals surface area contributed by atoms with E-state index in [1.54, 1.807) is 0 Å². The Balaban J connectivity index is 1.98.